The fraction of sp³-hybridized carbons (Fsp3) is 0.300. The molecule has 3 atom stereocenters. The molecule has 0 spiro atoms. The summed E-state index contributed by atoms with van der Waals surface area (Å²) in [6.07, 6.45) is -0.649. The van der Waals surface area contributed by atoms with Crippen LogP contribution in [0.4, 0.5) is 13.6 Å². The molecule has 3 N–H and O–H groups in total. The summed E-state index contributed by atoms with van der Waals surface area (Å²) < 4.78 is 28.8. The summed E-state index contributed by atoms with van der Waals surface area (Å²) in [7, 11) is 0. The van der Waals surface area contributed by atoms with E-state index in [-0.39, 0.29) is 11.7 Å². The van der Waals surface area contributed by atoms with Gasteiger partial charge in [-0.2, -0.15) is 8.78 Å². The van der Waals surface area contributed by atoms with Crippen molar-refractivity contribution < 1.29 is 28.2 Å². The van der Waals surface area contributed by atoms with E-state index in [0.717, 1.165) is 11.1 Å². The van der Waals surface area contributed by atoms with Crippen molar-refractivity contribution in [3.05, 3.63) is 65.2 Å². The Morgan fingerprint density at radius 1 is 1.11 bits per heavy atom. The van der Waals surface area contributed by atoms with Gasteiger partial charge in [-0.3, -0.25) is 4.79 Å². The Bertz CT molecular complexity index is 858. The van der Waals surface area contributed by atoms with Gasteiger partial charge in [0.1, 0.15) is 5.75 Å². The first-order valence-corrected chi connectivity index (χ1v) is 8.77. The minimum atomic E-state index is -2.91. The van der Waals surface area contributed by atoms with Crippen LogP contribution in [-0.2, 0) is 11.2 Å². The maximum absolute atomic E-state index is 12.7. The first-order chi connectivity index (χ1) is 13.3. The number of nitrogens with one attached hydrogen (secondary N) is 2. The lowest BCUT2D eigenvalue weighted by atomic mass is 9.99. The van der Waals surface area contributed by atoms with Gasteiger partial charge in [-0.05, 0) is 42.2 Å². The van der Waals surface area contributed by atoms with E-state index in [2.05, 4.69) is 15.4 Å². The second-order valence-corrected chi connectivity index (χ2v) is 6.61. The summed E-state index contributed by atoms with van der Waals surface area (Å²) >= 11 is 0. The second kappa shape index (κ2) is 8.24. The second-order valence-electron chi connectivity index (χ2n) is 6.61. The number of carbonyl (C=O) groups excluding carboxylic acids is 1. The van der Waals surface area contributed by atoms with Gasteiger partial charge in [0.05, 0.1) is 18.0 Å². The van der Waals surface area contributed by atoms with Gasteiger partial charge in [0.15, 0.2) is 0 Å². The van der Waals surface area contributed by atoms with Crippen LogP contribution < -0.4 is 15.4 Å². The lowest BCUT2D eigenvalue weighted by Gasteiger charge is -2.23. The lowest BCUT2D eigenvalue weighted by molar-refractivity contribution is -0.123. The number of halogens is 2. The van der Waals surface area contributed by atoms with Crippen LogP contribution >= 0.6 is 0 Å². The fourth-order valence-electron chi connectivity index (χ4n) is 3.44. The van der Waals surface area contributed by atoms with Crippen LogP contribution in [-0.4, -0.2) is 29.8 Å². The standard InChI is InChI=1S/C20H20F2N2O4/c1-11(12-6-8-14(9-7-12)28-19(21)22)18(25)23-16-10-13-4-2-3-5-15(13)17(16)24-20(26)27/h2-9,11,16-17,19,24H,10H2,1H3,(H,23,25)(H,26,27)/t11?,16-,17-/m0/s1. The van der Waals surface area contributed by atoms with E-state index in [0.29, 0.717) is 12.0 Å². The molecule has 148 valence electrons. The summed E-state index contributed by atoms with van der Waals surface area (Å²) in [5.41, 5.74) is 2.46. The third-order valence-electron chi connectivity index (χ3n) is 4.84. The number of ether oxygens (including phenoxy) is 1. The minimum Gasteiger partial charge on any atom is -0.465 e. The molecule has 0 saturated carbocycles. The van der Waals surface area contributed by atoms with Crippen molar-refractivity contribution in [3.8, 4) is 5.75 Å². The molecule has 28 heavy (non-hydrogen) atoms. The van der Waals surface area contributed by atoms with Gasteiger partial charge in [0.25, 0.3) is 0 Å². The molecular weight excluding hydrogens is 370 g/mol. The first kappa shape index (κ1) is 19.6. The van der Waals surface area contributed by atoms with Crippen LogP contribution in [0.3, 0.4) is 0 Å². The molecular formula is C20H20F2N2O4. The Balaban J connectivity index is 1.70. The Morgan fingerprint density at radius 2 is 1.79 bits per heavy atom. The van der Waals surface area contributed by atoms with Crippen molar-refractivity contribution in [2.45, 2.75) is 38.0 Å². The summed E-state index contributed by atoms with van der Waals surface area (Å²) in [5, 5.41) is 14.5. The molecule has 0 aromatic heterocycles. The van der Waals surface area contributed by atoms with Gasteiger partial charge in [0, 0.05) is 0 Å². The van der Waals surface area contributed by atoms with Crippen LogP contribution in [0.15, 0.2) is 48.5 Å². The number of hydrogen-bond acceptors (Lipinski definition) is 3. The molecule has 2 aromatic rings. The highest BCUT2D eigenvalue weighted by atomic mass is 19.3. The molecule has 0 aliphatic heterocycles. The van der Waals surface area contributed by atoms with Gasteiger partial charge < -0.3 is 20.5 Å². The van der Waals surface area contributed by atoms with Crippen molar-refractivity contribution in [2.75, 3.05) is 0 Å². The molecule has 2 amide bonds. The highest BCUT2D eigenvalue weighted by Crippen LogP contribution is 2.32. The first-order valence-electron chi connectivity index (χ1n) is 8.77. The molecule has 1 aliphatic carbocycles. The Morgan fingerprint density at radius 3 is 2.43 bits per heavy atom. The SMILES string of the molecule is CC(C(=O)N[C@H]1Cc2ccccc2[C@@H]1NC(=O)O)c1ccc(OC(F)F)cc1. The third kappa shape index (κ3) is 4.39. The predicted molar refractivity (Wildman–Crippen MR) is 97.5 cm³/mol. The molecule has 6 nitrogen and oxygen atoms in total. The molecule has 0 radical (unpaired) electrons. The van der Waals surface area contributed by atoms with Crippen molar-refractivity contribution in [1.82, 2.24) is 10.6 Å². The van der Waals surface area contributed by atoms with Crippen molar-refractivity contribution >= 4 is 12.0 Å². The quantitative estimate of drug-likeness (QED) is 0.705. The number of amides is 2. The number of hydrogen-bond donors (Lipinski definition) is 3. The highest BCUT2D eigenvalue weighted by molar-refractivity contribution is 5.84. The normalized spacial score (nSPS) is 19.0. The zero-order valence-corrected chi connectivity index (χ0v) is 15.1. The zero-order chi connectivity index (χ0) is 20.3. The lowest BCUT2D eigenvalue weighted by Crippen LogP contribution is -2.45. The monoisotopic (exact) mass is 390 g/mol. The Labute approximate surface area is 160 Å². The summed E-state index contributed by atoms with van der Waals surface area (Å²) in [6.45, 7) is -1.21. The van der Waals surface area contributed by atoms with E-state index < -0.39 is 30.7 Å². The molecule has 0 bridgehead atoms. The Kier molecular flexibility index (Phi) is 5.77. The van der Waals surface area contributed by atoms with E-state index >= 15 is 0 Å². The van der Waals surface area contributed by atoms with E-state index in [1.807, 2.05) is 24.3 Å². The average Bonchev–Trinajstić information content (AvgIpc) is 2.98. The van der Waals surface area contributed by atoms with Crippen LogP contribution in [0, 0.1) is 0 Å². The Hall–Kier alpha value is -3.16. The summed E-state index contributed by atoms with van der Waals surface area (Å²) in [4.78, 5) is 23.9. The van der Waals surface area contributed by atoms with Gasteiger partial charge in [-0.25, -0.2) is 4.79 Å². The number of fused-ring (bicyclic) bond motifs is 1. The molecule has 0 heterocycles. The summed E-state index contributed by atoms with van der Waals surface area (Å²) in [5.74, 6) is -0.810. The maximum Gasteiger partial charge on any atom is 0.405 e. The van der Waals surface area contributed by atoms with Gasteiger partial charge >= 0.3 is 12.7 Å². The number of benzene rings is 2. The van der Waals surface area contributed by atoms with Crippen molar-refractivity contribution in [3.63, 3.8) is 0 Å². The molecule has 1 aliphatic rings. The van der Waals surface area contributed by atoms with Gasteiger partial charge in [0.2, 0.25) is 5.91 Å². The molecule has 0 saturated heterocycles. The zero-order valence-electron chi connectivity index (χ0n) is 15.1. The van der Waals surface area contributed by atoms with Gasteiger partial charge in [-0.15, -0.1) is 0 Å². The van der Waals surface area contributed by atoms with Crippen molar-refractivity contribution in [1.29, 1.82) is 0 Å². The molecule has 8 heteroatoms. The summed E-state index contributed by atoms with van der Waals surface area (Å²) in [6, 6.07) is 12.4. The fourth-order valence-corrected chi connectivity index (χ4v) is 3.44. The minimum absolute atomic E-state index is 0.0170. The molecule has 3 rings (SSSR count). The number of carbonyl (C=O) groups is 2. The predicted octanol–water partition coefficient (Wildman–Crippen LogP) is 3.44. The number of alkyl halides is 2. The number of rotatable bonds is 6. The van der Waals surface area contributed by atoms with Gasteiger partial charge in [-0.1, -0.05) is 36.4 Å². The molecule has 1 unspecified atom stereocenters. The van der Waals surface area contributed by atoms with Crippen LogP contribution in [0.1, 0.15) is 35.6 Å². The largest absolute Gasteiger partial charge is 0.465 e. The average molecular weight is 390 g/mol. The van der Waals surface area contributed by atoms with Crippen LogP contribution in [0.2, 0.25) is 0 Å². The smallest absolute Gasteiger partial charge is 0.405 e. The maximum atomic E-state index is 12.7. The van der Waals surface area contributed by atoms with E-state index in [1.54, 1.807) is 19.1 Å². The topological polar surface area (TPSA) is 87.7 Å². The van der Waals surface area contributed by atoms with Crippen molar-refractivity contribution in [2.24, 2.45) is 0 Å². The van der Waals surface area contributed by atoms with E-state index in [4.69, 9.17) is 5.11 Å². The van der Waals surface area contributed by atoms with Crippen LogP contribution in [0.25, 0.3) is 0 Å². The van der Waals surface area contributed by atoms with Crippen LogP contribution in [0.5, 0.6) is 5.75 Å². The third-order valence-corrected chi connectivity index (χ3v) is 4.84. The number of carboxylic acid groups (broad SMARTS) is 1. The highest BCUT2D eigenvalue weighted by Gasteiger charge is 2.35. The molecule has 0 fully saturated rings. The molecule has 2 aromatic carbocycles. The van der Waals surface area contributed by atoms with E-state index in [9.17, 15) is 18.4 Å². The van der Waals surface area contributed by atoms with E-state index in [1.165, 1.54) is 12.1 Å².